The maximum atomic E-state index is 12.5. The molecule has 104 valence electrons. The molecular formula is C14H14N2O2S2. The smallest absolute Gasteiger partial charge is 0.272 e. The van der Waals surface area contributed by atoms with E-state index in [1.807, 2.05) is 36.5 Å². The molecule has 2 aliphatic heterocycles. The van der Waals surface area contributed by atoms with Gasteiger partial charge in [0.2, 0.25) is 0 Å². The molecule has 0 radical (unpaired) electrons. The Morgan fingerprint density at radius 2 is 1.90 bits per heavy atom. The van der Waals surface area contributed by atoms with E-state index < -0.39 is 0 Å². The van der Waals surface area contributed by atoms with Crippen molar-refractivity contribution in [1.82, 2.24) is 4.90 Å². The minimum absolute atomic E-state index is 0.0438. The third-order valence-corrected chi connectivity index (χ3v) is 4.44. The summed E-state index contributed by atoms with van der Waals surface area (Å²) in [4.78, 5) is 16.9. The predicted molar refractivity (Wildman–Crippen MR) is 84.6 cm³/mol. The summed E-state index contributed by atoms with van der Waals surface area (Å²) in [6.07, 6.45) is 1.91. The van der Waals surface area contributed by atoms with Crippen LogP contribution in [0.5, 0.6) is 0 Å². The van der Waals surface area contributed by atoms with Crippen LogP contribution in [0.4, 0.5) is 5.69 Å². The summed E-state index contributed by atoms with van der Waals surface area (Å²) in [5, 5.41) is 0. The molecule has 1 aromatic rings. The Kier molecular flexibility index (Phi) is 4.05. The van der Waals surface area contributed by atoms with Crippen molar-refractivity contribution >= 4 is 39.9 Å². The van der Waals surface area contributed by atoms with Crippen LogP contribution >= 0.6 is 24.0 Å². The van der Waals surface area contributed by atoms with Crippen LogP contribution in [0, 0.1) is 0 Å². The summed E-state index contributed by atoms with van der Waals surface area (Å²) in [7, 11) is 0. The molecule has 0 unspecified atom stereocenters. The number of amides is 1. The summed E-state index contributed by atoms with van der Waals surface area (Å²) in [6, 6.07) is 9.51. The molecule has 0 N–H and O–H groups in total. The molecule has 2 aliphatic rings. The quantitative estimate of drug-likeness (QED) is 0.618. The number of benzene rings is 1. The zero-order valence-electron chi connectivity index (χ0n) is 10.8. The van der Waals surface area contributed by atoms with Crippen molar-refractivity contribution in [2.24, 2.45) is 0 Å². The first-order chi connectivity index (χ1) is 9.75. The summed E-state index contributed by atoms with van der Waals surface area (Å²) < 4.78 is 5.89. The zero-order chi connectivity index (χ0) is 13.9. The minimum Gasteiger partial charge on any atom is -0.378 e. The van der Waals surface area contributed by atoms with E-state index in [0.717, 1.165) is 18.8 Å². The fraction of sp³-hybridized carbons (Fsp3) is 0.286. The highest BCUT2D eigenvalue weighted by Crippen LogP contribution is 2.34. The van der Waals surface area contributed by atoms with Gasteiger partial charge in [0.15, 0.2) is 4.32 Å². The van der Waals surface area contributed by atoms with Gasteiger partial charge in [-0.05, 0) is 12.1 Å². The third kappa shape index (κ3) is 2.72. The molecule has 1 amide bonds. The van der Waals surface area contributed by atoms with Crippen molar-refractivity contribution in [3.05, 3.63) is 41.4 Å². The highest BCUT2D eigenvalue weighted by Gasteiger charge is 2.33. The molecule has 0 bridgehead atoms. The first-order valence-electron chi connectivity index (χ1n) is 6.40. The highest BCUT2D eigenvalue weighted by atomic mass is 32.2. The summed E-state index contributed by atoms with van der Waals surface area (Å²) in [5.74, 6) is -0.0438. The van der Waals surface area contributed by atoms with Crippen LogP contribution in [0.15, 0.2) is 41.4 Å². The number of rotatable bonds is 2. The second-order valence-electron chi connectivity index (χ2n) is 4.49. The molecule has 0 saturated carbocycles. The minimum atomic E-state index is -0.0438. The first-order valence-corrected chi connectivity index (χ1v) is 7.63. The second kappa shape index (κ2) is 5.95. The van der Waals surface area contributed by atoms with Gasteiger partial charge in [-0.1, -0.05) is 42.2 Å². The van der Waals surface area contributed by atoms with Crippen molar-refractivity contribution in [3.8, 4) is 0 Å². The lowest BCUT2D eigenvalue weighted by Crippen LogP contribution is -2.33. The van der Waals surface area contributed by atoms with Crippen LogP contribution in [0.1, 0.15) is 0 Å². The van der Waals surface area contributed by atoms with E-state index in [2.05, 4.69) is 4.90 Å². The van der Waals surface area contributed by atoms with Crippen LogP contribution in [-0.2, 0) is 9.53 Å². The van der Waals surface area contributed by atoms with Gasteiger partial charge in [0.05, 0.1) is 23.8 Å². The van der Waals surface area contributed by atoms with Crippen molar-refractivity contribution in [1.29, 1.82) is 0 Å². The van der Waals surface area contributed by atoms with Gasteiger partial charge in [0.25, 0.3) is 5.91 Å². The standard InChI is InChI=1S/C14H14N2O2S2/c17-13-12(10-15-6-8-18-9-7-15)20-14(19)16(13)11-4-2-1-3-5-11/h1-5,10H,6-9H2/b12-10-. The molecule has 4 nitrogen and oxygen atoms in total. The Bertz CT molecular complexity index is 554. The van der Waals surface area contributed by atoms with Crippen LogP contribution in [0.2, 0.25) is 0 Å². The summed E-state index contributed by atoms with van der Waals surface area (Å²) in [5.41, 5.74) is 0.820. The van der Waals surface area contributed by atoms with Crippen molar-refractivity contribution in [2.75, 3.05) is 31.2 Å². The van der Waals surface area contributed by atoms with Gasteiger partial charge >= 0.3 is 0 Å². The molecule has 20 heavy (non-hydrogen) atoms. The van der Waals surface area contributed by atoms with Gasteiger partial charge in [-0.2, -0.15) is 0 Å². The molecule has 0 atom stereocenters. The summed E-state index contributed by atoms with van der Waals surface area (Å²) in [6.45, 7) is 3.04. The van der Waals surface area contributed by atoms with E-state index in [4.69, 9.17) is 17.0 Å². The lowest BCUT2D eigenvalue weighted by Gasteiger charge is -2.25. The molecule has 2 fully saturated rings. The first kappa shape index (κ1) is 13.6. The van der Waals surface area contributed by atoms with Crippen LogP contribution in [0.3, 0.4) is 0 Å². The average Bonchev–Trinajstić information content (AvgIpc) is 2.75. The average molecular weight is 306 g/mol. The topological polar surface area (TPSA) is 32.8 Å². The van der Waals surface area contributed by atoms with Crippen LogP contribution in [0.25, 0.3) is 0 Å². The number of ether oxygens (including phenoxy) is 1. The van der Waals surface area contributed by atoms with Crippen molar-refractivity contribution < 1.29 is 9.53 Å². The number of hydrogen-bond acceptors (Lipinski definition) is 5. The van der Waals surface area contributed by atoms with E-state index in [9.17, 15) is 4.79 Å². The second-order valence-corrected chi connectivity index (χ2v) is 6.16. The van der Waals surface area contributed by atoms with Gasteiger partial charge in [0.1, 0.15) is 0 Å². The van der Waals surface area contributed by atoms with Gasteiger partial charge in [0, 0.05) is 19.3 Å². The van der Waals surface area contributed by atoms with Crippen LogP contribution < -0.4 is 4.90 Å². The third-order valence-electron chi connectivity index (χ3n) is 3.15. The fourth-order valence-corrected chi connectivity index (χ4v) is 3.44. The molecule has 0 spiro atoms. The fourth-order valence-electron chi connectivity index (χ4n) is 2.13. The number of para-hydroxylation sites is 1. The van der Waals surface area contributed by atoms with E-state index in [0.29, 0.717) is 22.4 Å². The van der Waals surface area contributed by atoms with E-state index in [1.165, 1.54) is 11.8 Å². The number of hydrogen-bond donors (Lipinski definition) is 0. The van der Waals surface area contributed by atoms with Crippen molar-refractivity contribution in [3.63, 3.8) is 0 Å². The Balaban J connectivity index is 1.81. The van der Waals surface area contributed by atoms with Gasteiger partial charge in [-0.15, -0.1) is 0 Å². The molecule has 0 aromatic heterocycles. The van der Waals surface area contributed by atoms with Crippen molar-refractivity contribution in [2.45, 2.75) is 0 Å². The Labute approximate surface area is 127 Å². The lowest BCUT2D eigenvalue weighted by atomic mass is 10.3. The number of nitrogens with zero attached hydrogens (tertiary/aromatic N) is 2. The van der Waals surface area contributed by atoms with Crippen LogP contribution in [-0.4, -0.2) is 41.4 Å². The van der Waals surface area contributed by atoms with Gasteiger partial charge in [-0.3, -0.25) is 9.69 Å². The summed E-state index contributed by atoms with van der Waals surface area (Å²) >= 11 is 6.69. The molecule has 0 aliphatic carbocycles. The maximum absolute atomic E-state index is 12.5. The number of carbonyl (C=O) groups is 1. The number of anilines is 1. The maximum Gasteiger partial charge on any atom is 0.272 e. The molecular weight excluding hydrogens is 292 g/mol. The van der Waals surface area contributed by atoms with E-state index in [-0.39, 0.29) is 5.91 Å². The number of thiocarbonyl (C=S) groups is 1. The largest absolute Gasteiger partial charge is 0.378 e. The Morgan fingerprint density at radius 3 is 2.60 bits per heavy atom. The predicted octanol–water partition coefficient (Wildman–Crippen LogP) is 2.22. The van der Waals surface area contributed by atoms with E-state index in [1.54, 1.807) is 4.90 Å². The molecule has 6 heteroatoms. The Morgan fingerprint density at radius 1 is 1.20 bits per heavy atom. The lowest BCUT2D eigenvalue weighted by molar-refractivity contribution is -0.113. The highest BCUT2D eigenvalue weighted by molar-refractivity contribution is 8.27. The van der Waals surface area contributed by atoms with E-state index >= 15 is 0 Å². The molecule has 2 saturated heterocycles. The number of thioether (sulfide) groups is 1. The van der Waals surface area contributed by atoms with Gasteiger partial charge < -0.3 is 9.64 Å². The zero-order valence-corrected chi connectivity index (χ0v) is 12.5. The molecule has 1 aromatic carbocycles. The molecule has 3 rings (SSSR count). The SMILES string of the molecule is O=C1/C(=C/N2CCOCC2)SC(=S)N1c1ccccc1. The van der Waals surface area contributed by atoms with Gasteiger partial charge in [-0.25, -0.2) is 0 Å². The Hall–Kier alpha value is -1.37. The number of morpholine rings is 1. The molecule has 2 heterocycles. The number of carbonyl (C=O) groups excluding carboxylic acids is 1. The normalized spacial score (nSPS) is 21.9. The monoisotopic (exact) mass is 306 g/mol.